The van der Waals surface area contributed by atoms with Gasteiger partial charge in [0.2, 0.25) is 5.91 Å². The lowest BCUT2D eigenvalue weighted by atomic mass is 10.2. The SMILES string of the molecule is CCNCc1c(C)nn(C)c1N(CC)CC(=O)N(C)C. The number of rotatable bonds is 7. The molecule has 0 atom stereocenters. The molecule has 0 bridgehead atoms. The van der Waals surface area contributed by atoms with Crippen molar-refractivity contribution < 1.29 is 4.79 Å². The van der Waals surface area contributed by atoms with Crippen LogP contribution in [0.15, 0.2) is 0 Å². The Morgan fingerprint density at radius 2 is 2.00 bits per heavy atom. The van der Waals surface area contributed by atoms with Gasteiger partial charge in [0.15, 0.2) is 0 Å². The first-order valence-electron chi connectivity index (χ1n) is 7.10. The van der Waals surface area contributed by atoms with E-state index in [2.05, 4.69) is 29.2 Å². The third-order valence-electron chi connectivity index (χ3n) is 3.37. The minimum Gasteiger partial charge on any atom is -0.348 e. The Labute approximate surface area is 121 Å². The lowest BCUT2D eigenvalue weighted by molar-refractivity contribution is -0.127. The molecule has 1 aromatic rings. The molecule has 114 valence electrons. The minimum absolute atomic E-state index is 0.0973. The molecule has 0 fully saturated rings. The largest absolute Gasteiger partial charge is 0.348 e. The van der Waals surface area contributed by atoms with Gasteiger partial charge in [-0.3, -0.25) is 9.48 Å². The summed E-state index contributed by atoms with van der Waals surface area (Å²) in [6.07, 6.45) is 0. The van der Waals surface area contributed by atoms with Crippen molar-refractivity contribution in [2.75, 3.05) is 38.6 Å². The number of aromatic nitrogens is 2. The molecule has 20 heavy (non-hydrogen) atoms. The van der Waals surface area contributed by atoms with Crippen molar-refractivity contribution in [2.24, 2.45) is 7.05 Å². The molecule has 1 N–H and O–H groups in total. The van der Waals surface area contributed by atoms with E-state index < -0.39 is 0 Å². The second kappa shape index (κ2) is 7.28. The van der Waals surface area contributed by atoms with Gasteiger partial charge in [0.1, 0.15) is 5.82 Å². The number of nitrogens with one attached hydrogen (secondary N) is 1. The summed E-state index contributed by atoms with van der Waals surface area (Å²) in [5.74, 6) is 1.13. The third-order valence-corrected chi connectivity index (χ3v) is 3.37. The van der Waals surface area contributed by atoms with E-state index in [9.17, 15) is 4.79 Å². The zero-order valence-corrected chi connectivity index (χ0v) is 13.5. The highest BCUT2D eigenvalue weighted by atomic mass is 16.2. The number of carbonyl (C=O) groups excluding carboxylic acids is 1. The van der Waals surface area contributed by atoms with Crippen molar-refractivity contribution >= 4 is 11.7 Å². The smallest absolute Gasteiger partial charge is 0.241 e. The number of hydrogen-bond acceptors (Lipinski definition) is 4. The van der Waals surface area contributed by atoms with Crippen LogP contribution in [0.4, 0.5) is 5.82 Å². The fraction of sp³-hybridized carbons (Fsp3) is 0.714. The Morgan fingerprint density at radius 3 is 2.50 bits per heavy atom. The van der Waals surface area contributed by atoms with Crippen LogP contribution in [0.2, 0.25) is 0 Å². The van der Waals surface area contributed by atoms with E-state index in [0.29, 0.717) is 6.54 Å². The summed E-state index contributed by atoms with van der Waals surface area (Å²) >= 11 is 0. The van der Waals surface area contributed by atoms with Gasteiger partial charge >= 0.3 is 0 Å². The Balaban J connectivity index is 3.04. The maximum atomic E-state index is 12.0. The molecule has 1 heterocycles. The van der Waals surface area contributed by atoms with Gasteiger partial charge in [-0.25, -0.2) is 0 Å². The number of hydrogen-bond donors (Lipinski definition) is 1. The van der Waals surface area contributed by atoms with Gasteiger partial charge in [-0.15, -0.1) is 0 Å². The highest BCUT2D eigenvalue weighted by Crippen LogP contribution is 2.23. The van der Waals surface area contributed by atoms with Crippen molar-refractivity contribution in [3.8, 4) is 0 Å². The van der Waals surface area contributed by atoms with E-state index in [1.54, 1.807) is 19.0 Å². The number of carbonyl (C=O) groups is 1. The second-order valence-corrected chi connectivity index (χ2v) is 5.09. The van der Waals surface area contributed by atoms with Gasteiger partial charge in [0.25, 0.3) is 0 Å². The van der Waals surface area contributed by atoms with E-state index in [-0.39, 0.29) is 5.91 Å². The zero-order valence-electron chi connectivity index (χ0n) is 13.5. The van der Waals surface area contributed by atoms with E-state index >= 15 is 0 Å². The van der Waals surface area contributed by atoms with Crippen LogP contribution in [0.25, 0.3) is 0 Å². The van der Waals surface area contributed by atoms with Crippen molar-refractivity contribution in [3.05, 3.63) is 11.3 Å². The van der Waals surface area contributed by atoms with E-state index in [0.717, 1.165) is 31.1 Å². The lowest BCUT2D eigenvalue weighted by Crippen LogP contribution is -2.38. The molecule has 6 nitrogen and oxygen atoms in total. The van der Waals surface area contributed by atoms with Crippen molar-refractivity contribution in [1.82, 2.24) is 20.0 Å². The number of amides is 1. The molecule has 1 aromatic heterocycles. The quantitative estimate of drug-likeness (QED) is 0.801. The summed E-state index contributed by atoms with van der Waals surface area (Å²) in [5, 5.41) is 7.83. The maximum absolute atomic E-state index is 12.0. The Hall–Kier alpha value is -1.56. The van der Waals surface area contributed by atoms with Gasteiger partial charge in [0.05, 0.1) is 12.2 Å². The first-order valence-corrected chi connectivity index (χ1v) is 7.10. The van der Waals surface area contributed by atoms with Crippen LogP contribution < -0.4 is 10.2 Å². The fourth-order valence-corrected chi connectivity index (χ4v) is 2.18. The average Bonchev–Trinajstić information content (AvgIpc) is 2.67. The lowest BCUT2D eigenvalue weighted by Gasteiger charge is -2.25. The van der Waals surface area contributed by atoms with E-state index in [1.165, 1.54) is 5.56 Å². The molecule has 0 aromatic carbocycles. The monoisotopic (exact) mass is 281 g/mol. The molecule has 0 spiro atoms. The average molecular weight is 281 g/mol. The number of likely N-dealkylation sites (N-methyl/N-ethyl adjacent to an activating group) is 2. The molecule has 0 radical (unpaired) electrons. The topological polar surface area (TPSA) is 53.4 Å². The fourth-order valence-electron chi connectivity index (χ4n) is 2.18. The molecule has 1 amide bonds. The summed E-state index contributed by atoms with van der Waals surface area (Å²) in [4.78, 5) is 15.7. The van der Waals surface area contributed by atoms with Gasteiger partial charge in [-0.05, 0) is 20.4 Å². The van der Waals surface area contributed by atoms with Gasteiger partial charge in [-0.2, -0.15) is 5.10 Å². The molecule has 0 saturated heterocycles. The first kappa shape index (κ1) is 16.5. The zero-order chi connectivity index (χ0) is 15.3. The predicted octanol–water partition coefficient (Wildman–Crippen LogP) is 0.753. The molecular formula is C14H27N5O. The van der Waals surface area contributed by atoms with Gasteiger partial charge in [-0.1, -0.05) is 6.92 Å². The number of anilines is 1. The summed E-state index contributed by atoms with van der Waals surface area (Å²) in [7, 11) is 5.50. The standard InChI is InChI=1S/C14H27N5O/c1-7-15-9-12-11(3)16-18(6)14(12)19(8-2)10-13(20)17(4)5/h15H,7-10H2,1-6H3. The Kier molecular flexibility index (Phi) is 6.01. The molecule has 0 aliphatic heterocycles. The molecule has 0 unspecified atom stereocenters. The second-order valence-electron chi connectivity index (χ2n) is 5.09. The maximum Gasteiger partial charge on any atom is 0.241 e. The van der Waals surface area contributed by atoms with Crippen LogP contribution in [0, 0.1) is 6.92 Å². The first-order chi connectivity index (χ1) is 9.42. The minimum atomic E-state index is 0.0973. The van der Waals surface area contributed by atoms with Crippen molar-refractivity contribution in [2.45, 2.75) is 27.3 Å². The highest BCUT2D eigenvalue weighted by molar-refractivity contribution is 5.81. The van der Waals surface area contributed by atoms with Crippen LogP contribution in [-0.4, -0.2) is 54.3 Å². The summed E-state index contributed by atoms with van der Waals surface area (Å²) < 4.78 is 1.87. The molecule has 0 aliphatic rings. The molecule has 0 aliphatic carbocycles. The van der Waals surface area contributed by atoms with E-state index in [4.69, 9.17) is 0 Å². The van der Waals surface area contributed by atoms with E-state index in [1.807, 2.05) is 18.7 Å². The van der Waals surface area contributed by atoms with Crippen LogP contribution in [0.5, 0.6) is 0 Å². The van der Waals surface area contributed by atoms with Crippen molar-refractivity contribution in [1.29, 1.82) is 0 Å². The highest BCUT2D eigenvalue weighted by Gasteiger charge is 2.20. The Bertz CT molecular complexity index is 453. The van der Waals surface area contributed by atoms with Crippen LogP contribution in [-0.2, 0) is 18.4 Å². The summed E-state index contributed by atoms with van der Waals surface area (Å²) in [6.45, 7) is 8.99. The van der Waals surface area contributed by atoms with Gasteiger partial charge in [0, 0.05) is 39.8 Å². The molecular weight excluding hydrogens is 254 g/mol. The van der Waals surface area contributed by atoms with Crippen molar-refractivity contribution in [3.63, 3.8) is 0 Å². The Morgan fingerprint density at radius 1 is 1.35 bits per heavy atom. The number of nitrogens with zero attached hydrogens (tertiary/aromatic N) is 4. The van der Waals surface area contributed by atoms with Crippen LogP contribution >= 0.6 is 0 Å². The third kappa shape index (κ3) is 3.72. The molecule has 1 rings (SSSR count). The summed E-state index contributed by atoms with van der Waals surface area (Å²) in [5.41, 5.74) is 2.18. The van der Waals surface area contributed by atoms with Crippen LogP contribution in [0.3, 0.4) is 0 Å². The summed E-state index contributed by atoms with van der Waals surface area (Å²) in [6, 6.07) is 0. The normalized spacial score (nSPS) is 10.7. The van der Waals surface area contributed by atoms with Crippen LogP contribution in [0.1, 0.15) is 25.1 Å². The van der Waals surface area contributed by atoms with Gasteiger partial charge < -0.3 is 15.1 Å². The number of aryl methyl sites for hydroxylation is 2. The molecule has 0 saturated carbocycles. The predicted molar refractivity (Wildman–Crippen MR) is 81.9 cm³/mol. The molecule has 6 heteroatoms.